The quantitative estimate of drug-likeness (QED) is 0.859. The van der Waals surface area contributed by atoms with Crippen molar-refractivity contribution in [2.75, 3.05) is 19.8 Å². The average Bonchev–Trinajstić information content (AvgIpc) is 3.01. The zero-order chi connectivity index (χ0) is 15.4. The molecule has 3 rings (SSSR count). The Morgan fingerprint density at radius 1 is 1.36 bits per heavy atom. The van der Waals surface area contributed by atoms with E-state index >= 15 is 0 Å². The number of aryl methyl sites for hydroxylation is 2. The fourth-order valence-corrected chi connectivity index (χ4v) is 3.70. The molecule has 2 saturated heterocycles. The van der Waals surface area contributed by atoms with E-state index in [4.69, 9.17) is 4.74 Å². The number of pyridine rings is 1. The van der Waals surface area contributed by atoms with Crippen molar-refractivity contribution in [3.05, 3.63) is 29.6 Å². The number of carbonyl (C=O) groups excluding carboxylic acids is 1. The monoisotopic (exact) mass is 302 g/mol. The highest BCUT2D eigenvalue weighted by Gasteiger charge is 2.33. The van der Waals surface area contributed by atoms with Gasteiger partial charge in [-0.3, -0.25) is 9.78 Å². The van der Waals surface area contributed by atoms with Gasteiger partial charge in [-0.05, 0) is 63.1 Å². The molecule has 0 saturated carbocycles. The van der Waals surface area contributed by atoms with E-state index in [1.807, 2.05) is 13.1 Å². The first kappa shape index (κ1) is 15.5. The number of carbonyl (C=O) groups is 1. The summed E-state index contributed by atoms with van der Waals surface area (Å²) in [7, 11) is 0. The Balaban J connectivity index is 1.57. The van der Waals surface area contributed by atoms with Crippen molar-refractivity contribution in [1.82, 2.24) is 9.88 Å². The highest BCUT2D eigenvalue weighted by atomic mass is 16.5. The third kappa shape index (κ3) is 3.67. The van der Waals surface area contributed by atoms with Crippen LogP contribution in [0.4, 0.5) is 0 Å². The fourth-order valence-electron chi connectivity index (χ4n) is 3.70. The van der Waals surface area contributed by atoms with E-state index in [0.717, 1.165) is 64.0 Å². The van der Waals surface area contributed by atoms with Crippen molar-refractivity contribution in [3.8, 4) is 0 Å². The van der Waals surface area contributed by atoms with Gasteiger partial charge in [0.15, 0.2) is 0 Å². The first-order valence-electron chi connectivity index (χ1n) is 8.54. The van der Waals surface area contributed by atoms with E-state index in [2.05, 4.69) is 22.0 Å². The lowest BCUT2D eigenvalue weighted by molar-refractivity contribution is -0.139. The van der Waals surface area contributed by atoms with Gasteiger partial charge < -0.3 is 9.64 Å². The third-order valence-electron chi connectivity index (χ3n) is 4.96. The summed E-state index contributed by atoms with van der Waals surface area (Å²) in [5.41, 5.74) is 2.40. The molecular formula is C18H26N2O2. The molecule has 2 fully saturated rings. The summed E-state index contributed by atoms with van der Waals surface area (Å²) in [5.74, 6) is 0.564. The van der Waals surface area contributed by atoms with Gasteiger partial charge in [0.2, 0.25) is 5.91 Å². The van der Waals surface area contributed by atoms with Crippen LogP contribution >= 0.6 is 0 Å². The highest BCUT2D eigenvalue weighted by Crippen LogP contribution is 2.27. The molecule has 1 aromatic rings. The molecule has 0 aliphatic carbocycles. The molecule has 22 heavy (non-hydrogen) atoms. The summed E-state index contributed by atoms with van der Waals surface area (Å²) in [6, 6.07) is 4.66. The van der Waals surface area contributed by atoms with Crippen LogP contribution in [-0.4, -0.2) is 41.6 Å². The lowest BCUT2D eigenvalue weighted by Crippen LogP contribution is -2.41. The molecule has 120 valence electrons. The molecule has 1 unspecified atom stereocenters. The predicted molar refractivity (Wildman–Crippen MR) is 85.6 cm³/mol. The highest BCUT2D eigenvalue weighted by molar-refractivity contribution is 5.79. The number of hydrogen-bond acceptors (Lipinski definition) is 3. The topological polar surface area (TPSA) is 42.4 Å². The van der Waals surface area contributed by atoms with Crippen LogP contribution in [0.3, 0.4) is 0 Å². The van der Waals surface area contributed by atoms with Gasteiger partial charge in [-0.15, -0.1) is 0 Å². The fraction of sp³-hybridized carbons (Fsp3) is 0.667. The van der Waals surface area contributed by atoms with Crippen LogP contribution in [-0.2, 0) is 16.0 Å². The van der Waals surface area contributed by atoms with E-state index in [-0.39, 0.29) is 5.92 Å². The lowest BCUT2D eigenvalue weighted by Gasteiger charge is -2.30. The summed E-state index contributed by atoms with van der Waals surface area (Å²) in [6.07, 6.45) is 8.07. The molecule has 0 radical (unpaired) electrons. The first-order valence-corrected chi connectivity index (χ1v) is 8.54. The van der Waals surface area contributed by atoms with Gasteiger partial charge in [-0.2, -0.15) is 0 Å². The smallest absolute Gasteiger partial charge is 0.226 e. The molecule has 1 amide bonds. The van der Waals surface area contributed by atoms with Crippen molar-refractivity contribution in [2.45, 2.75) is 51.5 Å². The number of rotatable bonds is 4. The normalized spacial score (nSPS) is 23.0. The van der Waals surface area contributed by atoms with Crippen LogP contribution in [0.15, 0.2) is 18.3 Å². The van der Waals surface area contributed by atoms with Gasteiger partial charge >= 0.3 is 0 Å². The standard InChI is InChI=1S/C18H26N2O2/c1-14-13-15(6-9-19-14)4-5-17-3-2-10-20(17)18(21)16-7-11-22-12-8-16/h6,9,13,16-17H,2-5,7-8,10-12H2,1H3. The van der Waals surface area contributed by atoms with Crippen molar-refractivity contribution in [2.24, 2.45) is 5.92 Å². The van der Waals surface area contributed by atoms with E-state index in [0.29, 0.717) is 11.9 Å². The average molecular weight is 302 g/mol. The number of hydrogen-bond donors (Lipinski definition) is 0. The summed E-state index contributed by atoms with van der Waals surface area (Å²) >= 11 is 0. The van der Waals surface area contributed by atoms with Crippen LogP contribution in [0.1, 0.15) is 43.4 Å². The minimum absolute atomic E-state index is 0.192. The van der Waals surface area contributed by atoms with Gasteiger partial charge in [-0.25, -0.2) is 0 Å². The van der Waals surface area contributed by atoms with Gasteiger partial charge in [0.05, 0.1) is 0 Å². The molecule has 0 spiro atoms. The third-order valence-corrected chi connectivity index (χ3v) is 4.96. The second-order valence-corrected chi connectivity index (χ2v) is 6.56. The zero-order valence-corrected chi connectivity index (χ0v) is 13.5. The van der Waals surface area contributed by atoms with E-state index < -0.39 is 0 Å². The van der Waals surface area contributed by atoms with Gasteiger partial charge in [0, 0.05) is 43.6 Å². The summed E-state index contributed by atoms with van der Waals surface area (Å²) in [5, 5.41) is 0. The zero-order valence-electron chi connectivity index (χ0n) is 13.5. The van der Waals surface area contributed by atoms with Crippen molar-refractivity contribution < 1.29 is 9.53 Å². The minimum atomic E-state index is 0.192. The molecule has 0 aromatic carbocycles. The maximum atomic E-state index is 12.7. The Morgan fingerprint density at radius 3 is 2.95 bits per heavy atom. The number of aromatic nitrogens is 1. The van der Waals surface area contributed by atoms with E-state index in [9.17, 15) is 4.79 Å². The maximum Gasteiger partial charge on any atom is 0.226 e. The number of likely N-dealkylation sites (tertiary alicyclic amines) is 1. The van der Waals surface area contributed by atoms with Gasteiger partial charge in [0.25, 0.3) is 0 Å². The Hall–Kier alpha value is -1.42. The maximum absolute atomic E-state index is 12.7. The minimum Gasteiger partial charge on any atom is -0.381 e. The number of nitrogens with zero attached hydrogens (tertiary/aromatic N) is 2. The number of ether oxygens (including phenoxy) is 1. The molecule has 4 nitrogen and oxygen atoms in total. The molecule has 0 bridgehead atoms. The first-order chi connectivity index (χ1) is 10.7. The largest absolute Gasteiger partial charge is 0.381 e. The van der Waals surface area contributed by atoms with Crippen molar-refractivity contribution in [1.29, 1.82) is 0 Å². The molecule has 3 heterocycles. The molecule has 0 N–H and O–H groups in total. The van der Waals surface area contributed by atoms with Crippen LogP contribution in [0.2, 0.25) is 0 Å². The second kappa shape index (κ2) is 7.23. The van der Waals surface area contributed by atoms with Crippen LogP contribution in [0.25, 0.3) is 0 Å². The van der Waals surface area contributed by atoms with Crippen LogP contribution in [0.5, 0.6) is 0 Å². The summed E-state index contributed by atoms with van der Waals surface area (Å²) in [4.78, 5) is 19.1. The molecule has 2 aliphatic heterocycles. The molecule has 1 atom stereocenters. The van der Waals surface area contributed by atoms with Crippen molar-refractivity contribution >= 4 is 5.91 Å². The molecule has 1 aromatic heterocycles. The SMILES string of the molecule is Cc1cc(CCC2CCCN2C(=O)C2CCOCC2)ccn1. The molecule has 2 aliphatic rings. The predicted octanol–water partition coefficient (Wildman–Crippen LogP) is 2.74. The summed E-state index contributed by atoms with van der Waals surface area (Å²) < 4.78 is 5.38. The number of amides is 1. The van der Waals surface area contributed by atoms with E-state index in [1.165, 1.54) is 5.56 Å². The Labute approximate surface area is 132 Å². The lowest BCUT2D eigenvalue weighted by atomic mass is 9.97. The van der Waals surface area contributed by atoms with Crippen molar-refractivity contribution in [3.63, 3.8) is 0 Å². The summed E-state index contributed by atoms with van der Waals surface area (Å²) in [6.45, 7) is 4.45. The Morgan fingerprint density at radius 2 is 2.18 bits per heavy atom. The second-order valence-electron chi connectivity index (χ2n) is 6.56. The molecular weight excluding hydrogens is 276 g/mol. The van der Waals surface area contributed by atoms with Crippen LogP contribution < -0.4 is 0 Å². The Bertz CT molecular complexity index is 512. The van der Waals surface area contributed by atoms with Gasteiger partial charge in [-0.1, -0.05) is 0 Å². The van der Waals surface area contributed by atoms with Crippen LogP contribution in [0, 0.1) is 12.8 Å². The Kier molecular flexibility index (Phi) is 5.08. The van der Waals surface area contributed by atoms with E-state index in [1.54, 1.807) is 0 Å². The van der Waals surface area contributed by atoms with Gasteiger partial charge in [0.1, 0.15) is 0 Å². The molecule has 4 heteroatoms.